The van der Waals surface area contributed by atoms with Crippen LogP contribution in [0, 0.1) is 25.1 Å². The van der Waals surface area contributed by atoms with Crippen molar-refractivity contribution >= 4 is 11.7 Å². The molecular formula is C38H50FN2O5+. The van der Waals surface area contributed by atoms with Crippen LogP contribution in [-0.4, -0.2) is 42.6 Å². The summed E-state index contributed by atoms with van der Waals surface area (Å²) in [6, 6.07) is 14.3. The summed E-state index contributed by atoms with van der Waals surface area (Å²) in [5.41, 5.74) is 5.31. The van der Waals surface area contributed by atoms with Gasteiger partial charge in [-0.1, -0.05) is 30.7 Å². The van der Waals surface area contributed by atoms with Gasteiger partial charge in [0.15, 0.2) is 6.10 Å². The van der Waals surface area contributed by atoms with E-state index in [2.05, 4.69) is 4.90 Å². The van der Waals surface area contributed by atoms with Crippen molar-refractivity contribution in [1.29, 1.82) is 0 Å². The van der Waals surface area contributed by atoms with Crippen molar-refractivity contribution in [2.45, 2.75) is 105 Å². The van der Waals surface area contributed by atoms with Crippen molar-refractivity contribution in [3.63, 3.8) is 0 Å². The van der Waals surface area contributed by atoms with Crippen LogP contribution < -0.4 is 14.4 Å². The van der Waals surface area contributed by atoms with Gasteiger partial charge in [-0.05, 0) is 101 Å². The highest BCUT2D eigenvalue weighted by Gasteiger charge is 2.44. The fourth-order valence-electron chi connectivity index (χ4n) is 6.85. The van der Waals surface area contributed by atoms with Crippen LogP contribution in [0.3, 0.4) is 0 Å². The Morgan fingerprint density at radius 1 is 0.978 bits per heavy atom. The first-order chi connectivity index (χ1) is 21.8. The first-order valence-corrected chi connectivity index (χ1v) is 16.7. The van der Waals surface area contributed by atoms with Gasteiger partial charge in [-0.3, -0.25) is 5.21 Å². The molecule has 1 aliphatic carbocycles. The van der Waals surface area contributed by atoms with Crippen LogP contribution in [0.25, 0.3) is 11.1 Å². The first-order valence-electron chi connectivity index (χ1n) is 16.7. The number of piperidine rings is 1. The molecule has 0 amide bonds. The highest BCUT2D eigenvalue weighted by atomic mass is 19.1. The Hall–Kier alpha value is -3.65. The van der Waals surface area contributed by atoms with Crippen molar-refractivity contribution in [1.82, 2.24) is 0 Å². The van der Waals surface area contributed by atoms with Crippen LogP contribution in [0.4, 0.5) is 10.1 Å². The highest BCUT2D eigenvalue weighted by Crippen LogP contribution is 2.51. The van der Waals surface area contributed by atoms with E-state index in [4.69, 9.17) is 14.2 Å². The molecule has 1 atom stereocenters. The Morgan fingerprint density at radius 2 is 1.61 bits per heavy atom. The molecular weight excluding hydrogens is 583 g/mol. The van der Waals surface area contributed by atoms with Gasteiger partial charge < -0.3 is 19.1 Å². The Labute approximate surface area is 273 Å². The van der Waals surface area contributed by atoms with E-state index in [0.717, 1.165) is 48.3 Å². The summed E-state index contributed by atoms with van der Waals surface area (Å²) in [4.78, 5) is 16.2. The maximum absolute atomic E-state index is 13.8. The smallest absolute Gasteiger partial charge is 0.340 e. The molecule has 0 unspecified atom stereocenters. The van der Waals surface area contributed by atoms with Gasteiger partial charge in [-0.25, -0.2) is 9.18 Å². The molecule has 5 rings (SSSR count). The quantitative estimate of drug-likeness (QED) is 0.139. The number of benzene rings is 2. The third-order valence-corrected chi connectivity index (χ3v) is 9.45. The van der Waals surface area contributed by atoms with Gasteiger partial charge in [0.05, 0.1) is 35.1 Å². The number of nitrogens with zero attached hydrogens (tertiary/aromatic N) is 2. The molecule has 1 spiro atoms. The summed E-state index contributed by atoms with van der Waals surface area (Å²) in [5, 5.41) is 11.5. The van der Waals surface area contributed by atoms with Crippen LogP contribution in [0.1, 0.15) is 95.3 Å². The summed E-state index contributed by atoms with van der Waals surface area (Å²) in [6.45, 7) is 15.4. The van der Waals surface area contributed by atoms with Crippen molar-refractivity contribution in [2.24, 2.45) is 5.41 Å². The lowest BCUT2D eigenvalue weighted by atomic mass is 9.63. The van der Waals surface area contributed by atoms with Gasteiger partial charge in [0.25, 0.3) is 0 Å². The molecule has 1 saturated carbocycles. The Balaban J connectivity index is 1.56. The van der Waals surface area contributed by atoms with Crippen LogP contribution in [0.2, 0.25) is 0 Å². The molecule has 1 N–H and O–H groups in total. The maximum atomic E-state index is 13.8. The van der Waals surface area contributed by atoms with Crippen LogP contribution in [0.15, 0.2) is 48.5 Å². The van der Waals surface area contributed by atoms with Gasteiger partial charge in [0.1, 0.15) is 11.6 Å². The number of ether oxygens (including phenoxy) is 3. The number of carbonyl (C=O) groups is 1. The van der Waals surface area contributed by atoms with Gasteiger partial charge in [0.2, 0.25) is 11.4 Å². The van der Waals surface area contributed by atoms with Crippen molar-refractivity contribution < 1.29 is 33.3 Å². The van der Waals surface area contributed by atoms with E-state index in [9.17, 15) is 14.4 Å². The molecule has 7 nitrogen and oxygen atoms in total. The molecule has 3 aromatic rings. The predicted molar refractivity (Wildman–Crippen MR) is 177 cm³/mol. The first kappa shape index (κ1) is 33.7. The molecule has 2 aromatic carbocycles. The van der Waals surface area contributed by atoms with Gasteiger partial charge >= 0.3 is 5.97 Å². The molecule has 2 fully saturated rings. The van der Waals surface area contributed by atoms with E-state index < -0.39 is 17.7 Å². The second-order valence-corrected chi connectivity index (χ2v) is 14.3. The number of hydrogen-bond donors (Lipinski definition) is 1. The lowest BCUT2D eigenvalue weighted by Crippen LogP contribution is -2.47. The second-order valence-electron chi connectivity index (χ2n) is 14.3. The normalized spacial score (nSPS) is 16.8. The summed E-state index contributed by atoms with van der Waals surface area (Å²) >= 11 is 0. The van der Waals surface area contributed by atoms with Crippen molar-refractivity contribution in [3.8, 4) is 16.9 Å². The van der Waals surface area contributed by atoms with E-state index in [-0.39, 0.29) is 11.9 Å². The Bertz CT molecular complexity index is 1510. The predicted octanol–water partition coefficient (Wildman–Crippen LogP) is 7.83. The van der Waals surface area contributed by atoms with Crippen LogP contribution >= 0.6 is 0 Å². The van der Waals surface area contributed by atoms with Gasteiger partial charge in [-0.2, -0.15) is 0 Å². The van der Waals surface area contributed by atoms with E-state index in [1.54, 1.807) is 12.1 Å². The molecule has 0 bridgehead atoms. The van der Waals surface area contributed by atoms with Crippen LogP contribution in [-0.2, 0) is 20.7 Å². The minimum Gasteiger partial charge on any atom is -0.493 e. The number of hydrogen-bond acceptors (Lipinski definition) is 6. The average Bonchev–Trinajstić information content (AvgIpc) is 2.99. The Morgan fingerprint density at radius 3 is 2.15 bits per heavy atom. The summed E-state index contributed by atoms with van der Waals surface area (Å²) < 4.78 is 32.8. The fourth-order valence-corrected chi connectivity index (χ4v) is 6.85. The van der Waals surface area contributed by atoms with Gasteiger partial charge in [-0.15, -0.1) is 0 Å². The van der Waals surface area contributed by atoms with E-state index >= 15 is 0 Å². The topological polar surface area (TPSA) is 72.1 Å². The van der Waals surface area contributed by atoms with Crippen LogP contribution in [0.5, 0.6) is 5.75 Å². The van der Waals surface area contributed by atoms with E-state index in [1.165, 1.54) is 36.1 Å². The maximum Gasteiger partial charge on any atom is 0.340 e. The standard InChI is InChI=1S/C38H50FN2O5/c1-25(2)45-36(42)35(46-37(5,6)7)33-27(4)41(43)26(3)32(34(33)40-22-20-38(21-23-40)18-8-19-38)29-11-15-31(16-12-29)44-24-17-28-9-13-30(39)14-10-28/h9-16,25,35,43H,8,17-24H2,1-7H3/q+1/t35-/m0/s1. The summed E-state index contributed by atoms with van der Waals surface area (Å²) in [7, 11) is 0. The molecule has 1 aliphatic heterocycles. The number of rotatable bonds is 10. The monoisotopic (exact) mass is 633 g/mol. The Kier molecular flexibility index (Phi) is 9.97. The zero-order valence-corrected chi connectivity index (χ0v) is 28.5. The van der Waals surface area contributed by atoms with E-state index in [1.807, 2.05) is 72.7 Å². The zero-order chi connectivity index (χ0) is 33.2. The minimum absolute atomic E-state index is 0.251. The number of esters is 1. The van der Waals surface area contributed by atoms with Crippen molar-refractivity contribution in [2.75, 3.05) is 24.6 Å². The fraction of sp³-hybridized carbons (Fsp3) is 0.526. The molecule has 248 valence electrons. The molecule has 46 heavy (non-hydrogen) atoms. The lowest BCUT2D eigenvalue weighted by Gasteiger charge is -2.49. The molecule has 0 radical (unpaired) electrons. The minimum atomic E-state index is -1.04. The van der Waals surface area contributed by atoms with E-state index in [0.29, 0.717) is 41.1 Å². The SMILES string of the molecule is Cc1c(-c2ccc(OCCc3ccc(F)cc3)cc2)c(N2CCC3(CCC3)CC2)c([C@H](OC(C)(C)C)C(=O)OC(C)C)c(C)[n+]1O. The molecule has 2 aliphatic rings. The number of aromatic nitrogens is 1. The number of pyridine rings is 1. The van der Waals surface area contributed by atoms with Crippen molar-refractivity contribution in [3.05, 3.63) is 76.9 Å². The van der Waals surface area contributed by atoms with Gasteiger partial charge in [0, 0.05) is 38.1 Å². The lowest BCUT2D eigenvalue weighted by molar-refractivity contribution is -0.912. The molecule has 8 heteroatoms. The third-order valence-electron chi connectivity index (χ3n) is 9.45. The summed E-state index contributed by atoms with van der Waals surface area (Å²) in [5.74, 6) is -0.00587. The largest absolute Gasteiger partial charge is 0.493 e. The highest BCUT2D eigenvalue weighted by molar-refractivity contribution is 5.87. The number of anilines is 1. The molecule has 2 heterocycles. The molecule has 1 aromatic heterocycles. The second kappa shape index (κ2) is 13.6. The number of halogens is 1. The third kappa shape index (κ3) is 7.49. The number of carbonyl (C=O) groups excluding carboxylic acids is 1. The zero-order valence-electron chi connectivity index (χ0n) is 28.5. The average molecular weight is 634 g/mol. The molecule has 1 saturated heterocycles. The summed E-state index contributed by atoms with van der Waals surface area (Å²) in [6.07, 6.45) is 5.36.